The van der Waals surface area contributed by atoms with Crippen molar-refractivity contribution in [3.05, 3.63) is 46.5 Å². The van der Waals surface area contributed by atoms with Gasteiger partial charge >= 0.3 is 0 Å². The van der Waals surface area contributed by atoms with E-state index < -0.39 is 9.83 Å². The Hall–Kier alpha value is -1.95. The first-order valence-corrected chi connectivity index (χ1v) is 14.3. The number of unbranched alkanes of at least 4 members (excludes halogenated alkanes) is 5. The molecule has 5 rings (SSSR count). The summed E-state index contributed by atoms with van der Waals surface area (Å²) in [7, 11) is 3.28. The topological polar surface area (TPSA) is 40.2 Å². The van der Waals surface area contributed by atoms with E-state index in [1.807, 2.05) is 6.07 Å². The number of methoxy groups -OCH3 is 2. The second-order valence-electron chi connectivity index (χ2n) is 9.86. The summed E-state index contributed by atoms with van der Waals surface area (Å²) < 4.78 is 21.4. The lowest BCUT2D eigenvalue weighted by Gasteiger charge is -2.47. The molecule has 200 valence electrons. The predicted octanol–water partition coefficient (Wildman–Crippen LogP) is 8.33. The molecule has 37 heavy (non-hydrogen) atoms. The summed E-state index contributed by atoms with van der Waals surface area (Å²) in [5.41, 5.74) is 6.63. The van der Waals surface area contributed by atoms with Crippen LogP contribution in [-0.4, -0.2) is 36.2 Å². The lowest BCUT2D eigenvalue weighted by Crippen LogP contribution is -2.42. The third kappa shape index (κ3) is 4.95. The first-order valence-electron chi connectivity index (χ1n) is 13.1. The highest BCUT2D eigenvalue weighted by atomic mass is 35.6. The van der Waals surface area contributed by atoms with Gasteiger partial charge in [0.05, 0.1) is 14.2 Å². The summed E-state index contributed by atoms with van der Waals surface area (Å²) in [5, 5.41) is 0. The average molecular weight is 567 g/mol. The van der Waals surface area contributed by atoms with Crippen LogP contribution in [0.25, 0.3) is 11.3 Å². The van der Waals surface area contributed by atoms with Crippen LogP contribution in [-0.2, 0) is 6.42 Å². The SMILES string of the molecule is CCCCCCCCC1=C2c3cc4c(cc3CCN2[C@H](C(Cl)(Cl)Cl)c2c1ccc(OC)c2OC)OCO4. The predicted molar refractivity (Wildman–Crippen MR) is 150 cm³/mol. The van der Waals surface area contributed by atoms with Gasteiger partial charge in [0.25, 0.3) is 0 Å². The highest BCUT2D eigenvalue weighted by Gasteiger charge is 2.48. The van der Waals surface area contributed by atoms with Gasteiger partial charge in [-0.3, -0.25) is 0 Å². The number of ether oxygens (including phenoxy) is 4. The van der Waals surface area contributed by atoms with E-state index in [0.29, 0.717) is 18.0 Å². The Morgan fingerprint density at radius 1 is 0.946 bits per heavy atom. The molecule has 3 aliphatic heterocycles. The van der Waals surface area contributed by atoms with Crippen LogP contribution >= 0.6 is 34.8 Å². The number of hydrogen-bond acceptors (Lipinski definition) is 5. The number of alkyl halides is 3. The van der Waals surface area contributed by atoms with Crippen LogP contribution < -0.4 is 18.9 Å². The van der Waals surface area contributed by atoms with Gasteiger partial charge in [-0.05, 0) is 54.2 Å². The Balaban J connectivity index is 1.69. The maximum absolute atomic E-state index is 6.75. The van der Waals surface area contributed by atoms with Gasteiger partial charge in [-0.15, -0.1) is 0 Å². The molecule has 0 spiro atoms. The zero-order valence-electron chi connectivity index (χ0n) is 21.7. The van der Waals surface area contributed by atoms with Crippen molar-refractivity contribution >= 4 is 46.1 Å². The fourth-order valence-electron chi connectivity index (χ4n) is 5.96. The molecular weight excluding hydrogens is 533 g/mol. The Morgan fingerprint density at radius 3 is 2.38 bits per heavy atom. The number of fused-ring (bicyclic) bond motifs is 5. The van der Waals surface area contributed by atoms with Gasteiger partial charge in [0.2, 0.25) is 10.6 Å². The number of halogens is 3. The van der Waals surface area contributed by atoms with Crippen LogP contribution in [0.3, 0.4) is 0 Å². The number of benzene rings is 2. The molecule has 5 nitrogen and oxygen atoms in total. The van der Waals surface area contributed by atoms with Crippen molar-refractivity contribution in [3.8, 4) is 23.0 Å². The van der Waals surface area contributed by atoms with Gasteiger partial charge in [-0.1, -0.05) is 79.9 Å². The molecule has 0 aliphatic carbocycles. The highest BCUT2D eigenvalue weighted by Crippen LogP contribution is 2.59. The number of nitrogens with zero attached hydrogens (tertiary/aromatic N) is 1. The van der Waals surface area contributed by atoms with Gasteiger partial charge in [0.15, 0.2) is 23.0 Å². The van der Waals surface area contributed by atoms with Crippen molar-refractivity contribution in [2.24, 2.45) is 0 Å². The second kappa shape index (κ2) is 11.0. The standard InChI is InChI=1S/C29H34Cl3NO4/c1-4-5-6-7-8-9-10-20-19-11-12-22(34-2)27(35-3)25(19)28(29(30,31)32)33-14-13-18-15-23-24(37-17-36-23)16-21(18)26(20)33/h11-12,15-16,28H,4-10,13-14,17H2,1-3H3/t28-/m0/s1. The maximum Gasteiger partial charge on any atom is 0.231 e. The molecule has 0 aromatic heterocycles. The van der Waals surface area contributed by atoms with Crippen LogP contribution in [0, 0.1) is 0 Å². The largest absolute Gasteiger partial charge is 0.493 e. The molecule has 2 aromatic carbocycles. The second-order valence-corrected chi connectivity index (χ2v) is 12.2. The van der Waals surface area contributed by atoms with E-state index in [4.69, 9.17) is 53.8 Å². The zero-order valence-corrected chi connectivity index (χ0v) is 23.9. The molecule has 0 saturated carbocycles. The summed E-state index contributed by atoms with van der Waals surface area (Å²) >= 11 is 20.3. The van der Waals surface area contributed by atoms with Crippen LogP contribution in [0.1, 0.15) is 80.2 Å². The molecule has 0 unspecified atom stereocenters. The van der Waals surface area contributed by atoms with E-state index in [2.05, 4.69) is 30.0 Å². The van der Waals surface area contributed by atoms with Crippen molar-refractivity contribution in [3.63, 3.8) is 0 Å². The van der Waals surface area contributed by atoms with Crippen LogP contribution in [0.2, 0.25) is 0 Å². The summed E-state index contributed by atoms with van der Waals surface area (Å²) in [6.45, 7) is 3.19. The normalized spacial score (nSPS) is 17.9. The molecule has 0 N–H and O–H groups in total. The van der Waals surface area contributed by atoms with Gasteiger partial charge in [-0.2, -0.15) is 0 Å². The number of allylic oxidation sites excluding steroid dienone is 1. The molecule has 8 heteroatoms. The molecule has 2 aromatic rings. The smallest absolute Gasteiger partial charge is 0.231 e. The van der Waals surface area contributed by atoms with E-state index in [-0.39, 0.29) is 6.79 Å². The molecular formula is C29H34Cl3NO4. The van der Waals surface area contributed by atoms with Crippen molar-refractivity contribution < 1.29 is 18.9 Å². The lowest BCUT2D eigenvalue weighted by atomic mass is 9.80. The van der Waals surface area contributed by atoms with E-state index in [9.17, 15) is 0 Å². The minimum absolute atomic E-state index is 0.238. The van der Waals surface area contributed by atoms with E-state index >= 15 is 0 Å². The highest BCUT2D eigenvalue weighted by molar-refractivity contribution is 6.68. The average Bonchev–Trinajstić information content (AvgIpc) is 3.34. The summed E-state index contributed by atoms with van der Waals surface area (Å²) in [6, 6.07) is 7.71. The maximum atomic E-state index is 6.75. The Kier molecular flexibility index (Phi) is 7.95. The van der Waals surface area contributed by atoms with Gasteiger partial charge in [-0.25, -0.2) is 0 Å². The van der Waals surface area contributed by atoms with Crippen molar-refractivity contribution in [2.45, 2.75) is 68.1 Å². The van der Waals surface area contributed by atoms with E-state index in [1.165, 1.54) is 43.2 Å². The Bertz CT molecular complexity index is 1190. The Labute approximate surface area is 234 Å². The summed E-state index contributed by atoms with van der Waals surface area (Å²) in [4.78, 5) is 2.26. The van der Waals surface area contributed by atoms with Gasteiger partial charge < -0.3 is 23.8 Å². The van der Waals surface area contributed by atoms with Crippen molar-refractivity contribution in [1.29, 1.82) is 0 Å². The first-order chi connectivity index (χ1) is 17.9. The third-order valence-corrected chi connectivity index (χ3v) is 8.25. The van der Waals surface area contributed by atoms with Gasteiger partial charge in [0, 0.05) is 23.4 Å². The molecule has 0 saturated heterocycles. The summed E-state index contributed by atoms with van der Waals surface area (Å²) in [6.07, 6.45) is 9.03. The van der Waals surface area contributed by atoms with Crippen LogP contribution in [0.15, 0.2) is 24.3 Å². The Morgan fingerprint density at radius 2 is 1.68 bits per heavy atom. The van der Waals surface area contributed by atoms with E-state index in [1.54, 1.807) is 14.2 Å². The molecule has 1 atom stereocenters. The van der Waals surface area contributed by atoms with Crippen LogP contribution in [0.4, 0.5) is 0 Å². The fourth-order valence-corrected chi connectivity index (χ4v) is 6.64. The summed E-state index contributed by atoms with van der Waals surface area (Å²) in [5.74, 6) is 2.80. The van der Waals surface area contributed by atoms with Gasteiger partial charge in [0.1, 0.15) is 6.04 Å². The third-order valence-electron chi connectivity index (χ3n) is 7.63. The first kappa shape index (κ1) is 26.6. The zero-order chi connectivity index (χ0) is 26.2. The molecule has 0 bridgehead atoms. The fraction of sp³-hybridized carbons (Fsp3) is 0.517. The minimum atomic E-state index is -1.60. The number of rotatable bonds is 9. The molecule has 3 heterocycles. The monoisotopic (exact) mass is 565 g/mol. The van der Waals surface area contributed by atoms with E-state index in [0.717, 1.165) is 53.1 Å². The molecule has 0 radical (unpaired) electrons. The molecule has 0 fully saturated rings. The minimum Gasteiger partial charge on any atom is -0.493 e. The van der Waals surface area contributed by atoms with Crippen molar-refractivity contribution in [1.82, 2.24) is 4.90 Å². The number of hydrogen-bond donors (Lipinski definition) is 0. The van der Waals surface area contributed by atoms with Crippen molar-refractivity contribution in [2.75, 3.05) is 27.6 Å². The van der Waals surface area contributed by atoms with Crippen LogP contribution in [0.5, 0.6) is 23.0 Å². The lowest BCUT2D eigenvalue weighted by molar-refractivity contribution is 0.174. The quantitative estimate of drug-likeness (QED) is 0.225. The molecule has 3 aliphatic rings. The molecule has 0 amide bonds.